The van der Waals surface area contributed by atoms with Crippen LogP contribution in [0.3, 0.4) is 0 Å². The van der Waals surface area contributed by atoms with Gasteiger partial charge in [-0.3, -0.25) is 4.79 Å². The molecule has 0 saturated heterocycles. The van der Waals surface area contributed by atoms with Gasteiger partial charge in [0.25, 0.3) is 5.91 Å². The Kier molecular flexibility index (Phi) is 10.1. The molecule has 0 saturated carbocycles. The van der Waals surface area contributed by atoms with Crippen LogP contribution in [0.25, 0.3) is 0 Å². The van der Waals surface area contributed by atoms with Gasteiger partial charge < -0.3 is 9.47 Å². The number of amides is 1. The summed E-state index contributed by atoms with van der Waals surface area (Å²) >= 11 is 2.15. The van der Waals surface area contributed by atoms with Gasteiger partial charge in [0, 0.05) is 0 Å². The van der Waals surface area contributed by atoms with Crippen LogP contribution in [0.4, 0.5) is 0 Å². The standard InChI is InChI=1S/C27H30IN3O5S/c1-18(2)25(31-37(33,34)22-12-10-19(3)11-13-22)27(32)30-29-16-21-14-23(28)26(24(15-21)35-4)36-17-20-8-6-5-7-9-20/h5-16,18,25,31H,17H2,1-4H3,(H,30,32)/b29-16-/t25-/m1/s1. The largest absolute Gasteiger partial charge is 0.493 e. The molecule has 0 radical (unpaired) electrons. The number of hydrogen-bond acceptors (Lipinski definition) is 6. The number of hydrazone groups is 1. The Morgan fingerprint density at radius 3 is 2.38 bits per heavy atom. The zero-order chi connectivity index (χ0) is 27.0. The lowest BCUT2D eigenvalue weighted by Crippen LogP contribution is -2.48. The number of ether oxygens (including phenoxy) is 2. The van der Waals surface area contributed by atoms with Crippen LogP contribution in [0.1, 0.15) is 30.5 Å². The summed E-state index contributed by atoms with van der Waals surface area (Å²) in [5, 5.41) is 4.04. The number of carbonyl (C=O) groups excluding carboxylic acids is 1. The van der Waals surface area contributed by atoms with Crippen LogP contribution in [-0.2, 0) is 21.4 Å². The maximum absolute atomic E-state index is 12.8. The van der Waals surface area contributed by atoms with E-state index in [0.717, 1.165) is 14.7 Å². The minimum Gasteiger partial charge on any atom is -0.493 e. The summed E-state index contributed by atoms with van der Waals surface area (Å²) in [4.78, 5) is 12.9. The first kappa shape index (κ1) is 28.6. The second-order valence-corrected chi connectivity index (χ2v) is 11.6. The highest BCUT2D eigenvalue weighted by Gasteiger charge is 2.28. The van der Waals surface area contributed by atoms with Crippen molar-refractivity contribution >= 4 is 44.7 Å². The van der Waals surface area contributed by atoms with E-state index in [1.165, 1.54) is 18.3 Å². The van der Waals surface area contributed by atoms with Gasteiger partial charge in [0.15, 0.2) is 11.5 Å². The summed E-state index contributed by atoms with van der Waals surface area (Å²) in [6, 6.07) is 18.8. The number of carbonyl (C=O) groups is 1. The van der Waals surface area contributed by atoms with Gasteiger partial charge in [0.2, 0.25) is 10.0 Å². The molecule has 0 aliphatic carbocycles. The average molecular weight is 636 g/mol. The van der Waals surface area contributed by atoms with Crippen LogP contribution in [0, 0.1) is 16.4 Å². The van der Waals surface area contributed by atoms with Crippen molar-refractivity contribution < 1.29 is 22.7 Å². The molecule has 0 aliphatic heterocycles. The number of methoxy groups -OCH3 is 1. The van der Waals surface area contributed by atoms with Crippen LogP contribution in [0.2, 0.25) is 0 Å². The summed E-state index contributed by atoms with van der Waals surface area (Å²) < 4.78 is 40.3. The minimum atomic E-state index is -3.88. The molecule has 0 aliphatic rings. The Labute approximate surface area is 231 Å². The first-order chi connectivity index (χ1) is 17.6. The van der Waals surface area contributed by atoms with Crippen molar-refractivity contribution in [2.24, 2.45) is 11.0 Å². The molecule has 3 aromatic carbocycles. The number of nitrogens with one attached hydrogen (secondary N) is 2. The summed E-state index contributed by atoms with van der Waals surface area (Å²) in [6.07, 6.45) is 1.47. The second-order valence-electron chi connectivity index (χ2n) is 8.70. The van der Waals surface area contributed by atoms with Gasteiger partial charge in [-0.2, -0.15) is 9.82 Å². The highest BCUT2D eigenvalue weighted by Crippen LogP contribution is 2.34. The molecule has 2 N–H and O–H groups in total. The molecule has 0 heterocycles. The molecule has 0 spiro atoms. The number of hydrogen-bond donors (Lipinski definition) is 2. The molecule has 8 nitrogen and oxygen atoms in total. The molecule has 0 fully saturated rings. The van der Waals surface area contributed by atoms with Gasteiger partial charge in [0.05, 0.1) is 21.8 Å². The van der Waals surface area contributed by atoms with Gasteiger partial charge in [-0.15, -0.1) is 0 Å². The molecule has 3 rings (SSSR count). The molecular formula is C27H30IN3O5S. The van der Waals surface area contributed by atoms with E-state index in [1.54, 1.807) is 39.2 Å². The van der Waals surface area contributed by atoms with E-state index >= 15 is 0 Å². The topological polar surface area (TPSA) is 106 Å². The lowest BCUT2D eigenvalue weighted by atomic mass is 10.1. The number of nitrogens with zero attached hydrogens (tertiary/aromatic N) is 1. The first-order valence-corrected chi connectivity index (χ1v) is 14.1. The third kappa shape index (κ3) is 8.01. The molecule has 1 amide bonds. The van der Waals surface area contributed by atoms with Crippen molar-refractivity contribution in [2.75, 3.05) is 7.11 Å². The van der Waals surface area contributed by atoms with E-state index < -0.39 is 22.0 Å². The number of aryl methyl sites for hydroxylation is 1. The molecular weight excluding hydrogens is 605 g/mol. The van der Waals surface area contributed by atoms with Crippen LogP contribution < -0.4 is 19.6 Å². The predicted molar refractivity (Wildman–Crippen MR) is 152 cm³/mol. The molecule has 10 heteroatoms. The van der Waals surface area contributed by atoms with Crippen LogP contribution in [-0.4, -0.2) is 33.7 Å². The zero-order valence-corrected chi connectivity index (χ0v) is 24.0. The van der Waals surface area contributed by atoms with Crippen molar-refractivity contribution in [1.29, 1.82) is 0 Å². The van der Waals surface area contributed by atoms with Gasteiger partial charge in [0.1, 0.15) is 12.6 Å². The van der Waals surface area contributed by atoms with Gasteiger partial charge in [-0.25, -0.2) is 13.8 Å². The Morgan fingerprint density at radius 2 is 1.76 bits per heavy atom. The van der Waals surface area contributed by atoms with E-state index in [2.05, 4.69) is 37.8 Å². The minimum absolute atomic E-state index is 0.0938. The third-order valence-corrected chi connectivity index (χ3v) is 7.69. The number of rotatable bonds is 11. The summed E-state index contributed by atoms with van der Waals surface area (Å²) in [5.41, 5.74) is 5.09. The Hall–Kier alpha value is -2.96. The number of benzene rings is 3. The SMILES string of the molecule is COc1cc(/C=N\NC(=O)[C@H](NS(=O)(=O)c2ccc(C)cc2)C(C)C)cc(I)c1OCc1ccccc1. The fourth-order valence-electron chi connectivity index (χ4n) is 3.37. The summed E-state index contributed by atoms with van der Waals surface area (Å²) in [6.45, 7) is 5.78. The van der Waals surface area contributed by atoms with Crippen molar-refractivity contribution in [2.45, 2.75) is 38.3 Å². The van der Waals surface area contributed by atoms with Gasteiger partial charge in [-0.05, 0) is 70.8 Å². The van der Waals surface area contributed by atoms with Crippen LogP contribution in [0.5, 0.6) is 11.5 Å². The Morgan fingerprint density at radius 1 is 1.08 bits per heavy atom. The maximum Gasteiger partial charge on any atom is 0.258 e. The number of sulfonamides is 1. The molecule has 37 heavy (non-hydrogen) atoms. The van der Waals surface area contributed by atoms with E-state index in [4.69, 9.17) is 9.47 Å². The molecule has 196 valence electrons. The highest BCUT2D eigenvalue weighted by atomic mass is 127. The van der Waals surface area contributed by atoms with E-state index in [9.17, 15) is 13.2 Å². The summed E-state index contributed by atoms with van der Waals surface area (Å²) in [5.74, 6) is 0.268. The second kappa shape index (κ2) is 13.0. The predicted octanol–water partition coefficient (Wildman–Crippen LogP) is 4.64. The average Bonchev–Trinajstić information content (AvgIpc) is 2.87. The zero-order valence-electron chi connectivity index (χ0n) is 21.1. The van der Waals surface area contributed by atoms with Crippen molar-refractivity contribution in [3.63, 3.8) is 0 Å². The molecule has 3 aromatic rings. The van der Waals surface area contributed by atoms with E-state index in [1.807, 2.05) is 43.3 Å². The van der Waals surface area contributed by atoms with Crippen LogP contribution >= 0.6 is 22.6 Å². The molecule has 0 bridgehead atoms. The Bertz CT molecular complexity index is 1340. The highest BCUT2D eigenvalue weighted by molar-refractivity contribution is 14.1. The fraction of sp³-hybridized carbons (Fsp3) is 0.259. The maximum atomic E-state index is 12.8. The van der Waals surface area contributed by atoms with E-state index in [-0.39, 0.29) is 10.8 Å². The lowest BCUT2D eigenvalue weighted by Gasteiger charge is -2.20. The van der Waals surface area contributed by atoms with Crippen molar-refractivity contribution in [1.82, 2.24) is 10.1 Å². The smallest absolute Gasteiger partial charge is 0.258 e. The monoisotopic (exact) mass is 635 g/mol. The van der Waals surface area contributed by atoms with E-state index in [0.29, 0.717) is 23.7 Å². The molecule has 0 unspecified atom stereocenters. The van der Waals surface area contributed by atoms with Crippen LogP contribution in [0.15, 0.2) is 76.7 Å². The number of halogens is 1. The first-order valence-electron chi connectivity index (χ1n) is 11.6. The quantitative estimate of drug-likeness (QED) is 0.182. The normalized spacial score (nSPS) is 12.5. The Balaban J connectivity index is 1.69. The third-order valence-electron chi connectivity index (χ3n) is 5.43. The molecule has 1 atom stereocenters. The van der Waals surface area contributed by atoms with Crippen molar-refractivity contribution in [3.8, 4) is 11.5 Å². The lowest BCUT2D eigenvalue weighted by molar-refractivity contribution is -0.123. The fourth-order valence-corrected chi connectivity index (χ4v) is 5.49. The van der Waals surface area contributed by atoms with Gasteiger partial charge >= 0.3 is 0 Å². The molecule has 0 aromatic heterocycles. The van der Waals surface area contributed by atoms with Gasteiger partial charge in [-0.1, -0.05) is 61.9 Å². The summed E-state index contributed by atoms with van der Waals surface area (Å²) in [7, 11) is -2.33. The van der Waals surface area contributed by atoms with Crippen molar-refractivity contribution in [3.05, 3.63) is 87.0 Å².